The van der Waals surface area contributed by atoms with Crippen molar-refractivity contribution < 1.29 is 23.9 Å². The fraction of sp³-hybridized carbons (Fsp3) is 0.471. The number of hydrogen-bond donors (Lipinski definition) is 1. The van der Waals surface area contributed by atoms with E-state index in [-0.39, 0.29) is 24.2 Å². The number of carbonyl (C=O) groups is 3. The summed E-state index contributed by atoms with van der Waals surface area (Å²) in [6, 6.07) is 5.04. The maximum Gasteiger partial charge on any atom is 0.265 e. The molecular weight excluding hydrogens is 312 g/mol. The van der Waals surface area contributed by atoms with Crippen molar-refractivity contribution in [2.75, 3.05) is 38.3 Å². The van der Waals surface area contributed by atoms with Crippen LogP contribution in [0.4, 0.5) is 5.69 Å². The van der Waals surface area contributed by atoms with E-state index in [9.17, 15) is 14.4 Å². The number of rotatable bonds is 8. The summed E-state index contributed by atoms with van der Waals surface area (Å²) in [6.07, 6.45) is 0.838. The molecule has 0 fully saturated rings. The molecule has 0 atom stereocenters. The van der Waals surface area contributed by atoms with Crippen LogP contribution in [0.15, 0.2) is 18.2 Å². The molecule has 2 amide bonds. The summed E-state index contributed by atoms with van der Waals surface area (Å²) >= 11 is 0. The molecule has 7 heteroatoms. The highest BCUT2D eigenvalue weighted by molar-refractivity contribution is 6.01. The molecule has 1 N–H and O–H groups in total. The zero-order valence-corrected chi connectivity index (χ0v) is 14.0. The smallest absolute Gasteiger partial charge is 0.265 e. The number of fused-ring (bicyclic) bond motifs is 1. The summed E-state index contributed by atoms with van der Waals surface area (Å²) < 4.78 is 10.3. The molecule has 0 unspecified atom stereocenters. The lowest BCUT2D eigenvalue weighted by atomic mass is 10.1. The Hall–Kier alpha value is -2.41. The van der Waals surface area contributed by atoms with Gasteiger partial charge in [-0.1, -0.05) is 0 Å². The van der Waals surface area contributed by atoms with Crippen molar-refractivity contribution >= 4 is 23.3 Å². The van der Waals surface area contributed by atoms with Gasteiger partial charge in [0.15, 0.2) is 12.4 Å². The van der Waals surface area contributed by atoms with E-state index >= 15 is 0 Å². The largest absolute Gasteiger partial charge is 0.482 e. The Bertz CT molecular complexity index is 629. The number of nitrogens with zero attached hydrogens (tertiary/aromatic N) is 1. The van der Waals surface area contributed by atoms with E-state index < -0.39 is 0 Å². The van der Waals surface area contributed by atoms with Crippen LogP contribution in [-0.2, 0) is 14.3 Å². The van der Waals surface area contributed by atoms with E-state index in [4.69, 9.17) is 9.47 Å². The van der Waals surface area contributed by atoms with Gasteiger partial charge in [0.1, 0.15) is 5.75 Å². The van der Waals surface area contributed by atoms with Crippen LogP contribution in [0.2, 0.25) is 0 Å². The van der Waals surface area contributed by atoms with Gasteiger partial charge < -0.3 is 19.7 Å². The Kier molecular flexibility index (Phi) is 6.31. The van der Waals surface area contributed by atoms with Crippen LogP contribution in [0.25, 0.3) is 0 Å². The average molecular weight is 334 g/mol. The summed E-state index contributed by atoms with van der Waals surface area (Å²) in [4.78, 5) is 36.9. The Morgan fingerprint density at radius 1 is 1.38 bits per heavy atom. The lowest BCUT2D eigenvalue weighted by Gasteiger charge is -2.29. The first-order valence-corrected chi connectivity index (χ1v) is 7.86. The topological polar surface area (TPSA) is 84.9 Å². The molecule has 1 aromatic carbocycles. The lowest BCUT2D eigenvalue weighted by Crippen LogP contribution is -2.40. The quantitative estimate of drug-likeness (QED) is 0.569. The minimum Gasteiger partial charge on any atom is -0.482 e. The van der Waals surface area contributed by atoms with E-state index in [2.05, 4.69) is 5.32 Å². The molecule has 0 spiro atoms. The standard InChI is InChI=1S/C17H22N2O5/c1-12(20)13-5-6-15-14(10-13)19(17(22)11-24-15)8-3-4-16(21)18-7-9-23-2/h5-6,10H,3-4,7-9,11H2,1-2H3,(H,18,21). The number of nitrogens with one attached hydrogen (secondary N) is 1. The van der Waals surface area contributed by atoms with Crippen LogP contribution in [0.1, 0.15) is 30.1 Å². The first kappa shape index (κ1) is 17.9. The van der Waals surface area contributed by atoms with Gasteiger partial charge >= 0.3 is 0 Å². The number of hydrogen-bond acceptors (Lipinski definition) is 5. The van der Waals surface area contributed by atoms with Gasteiger partial charge in [0.25, 0.3) is 5.91 Å². The van der Waals surface area contributed by atoms with Crippen molar-refractivity contribution in [3.8, 4) is 5.75 Å². The van der Waals surface area contributed by atoms with Gasteiger partial charge in [-0.3, -0.25) is 14.4 Å². The molecule has 0 aliphatic carbocycles. The number of ether oxygens (including phenoxy) is 2. The number of amides is 2. The number of benzene rings is 1. The maximum atomic E-state index is 12.1. The molecule has 0 radical (unpaired) electrons. The summed E-state index contributed by atoms with van der Waals surface area (Å²) in [5, 5.41) is 2.74. The predicted octanol–water partition coefficient (Wildman–Crippen LogP) is 1.16. The molecule has 2 rings (SSSR count). The zero-order valence-electron chi connectivity index (χ0n) is 14.0. The Balaban J connectivity index is 1.98. The minimum absolute atomic E-state index is 0.0353. The second-order valence-electron chi connectivity index (χ2n) is 5.52. The number of ketones is 1. The van der Waals surface area contributed by atoms with Crippen LogP contribution < -0.4 is 15.0 Å². The molecule has 7 nitrogen and oxygen atoms in total. The number of methoxy groups -OCH3 is 1. The number of carbonyl (C=O) groups excluding carboxylic acids is 3. The molecule has 1 aliphatic heterocycles. The fourth-order valence-corrected chi connectivity index (χ4v) is 2.44. The molecule has 0 bridgehead atoms. The molecule has 0 saturated heterocycles. The molecular formula is C17H22N2O5. The minimum atomic E-state index is -0.178. The van der Waals surface area contributed by atoms with E-state index in [0.717, 1.165) is 0 Å². The molecule has 130 valence electrons. The van der Waals surface area contributed by atoms with Crippen molar-refractivity contribution in [2.24, 2.45) is 0 Å². The van der Waals surface area contributed by atoms with Gasteiger partial charge in [0.2, 0.25) is 5.91 Å². The Labute approximate surface area is 140 Å². The summed E-state index contributed by atoms with van der Waals surface area (Å²) in [7, 11) is 1.57. The average Bonchev–Trinajstić information content (AvgIpc) is 2.56. The third kappa shape index (κ3) is 4.55. The van der Waals surface area contributed by atoms with Gasteiger partial charge in [0.05, 0.1) is 12.3 Å². The second-order valence-corrected chi connectivity index (χ2v) is 5.52. The maximum absolute atomic E-state index is 12.1. The van der Waals surface area contributed by atoms with Crippen LogP contribution in [0.3, 0.4) is 0 Å². The van der Waals surface area contributed by atoms with E-state index in [1.165, 1.54) is 6.92 Å². The molecule has 1 heterocycles. The molecule has 24 heavy (non-hydrogen) atoms. The lowest BCUT2D eigenvalue weighted by molar-refractivity contribution is -0.123. The first-order valence-electron chi connectivity index (χ1n) is 7.86. The van der Waals surface area contributed by atoms with Crippen molar-refractivity contribution in [1.29, 1.82) is 0 Å². The van der Waals surface area contributed by atoms with Crippen LogP contribution in [0.5, 0.6) is 5.75 Å². The molecule has 0 aromatic heterocycles. The van der Waals surface area contributed by atoms with Crippen LogP contribution >= 0.6 is 0 Å². The summed E-state index contributed by atoms with van der Waals surface area (Å²) in [5.74, 6) is 0.242. The number of Topliss-reactive ketones (excluding diaryl/α,β-unsaturated/α-hetero) is 1. The molecule has 1 aromatic rings. The summed E-state index contributed by atoms with van der Waals surface area (Å²) in [5.41, 5.74) is 1.10. The fourth-order valence-electron chi connectivity index (χ4n) is 2.44. The van der Waals surface area contributed by atoms with E-state index in [1.54, 1.807) is 30.2 Å². The first-order chi connectivity index (χ1) is 11.5. The Morgan fingerprint density at radius 2 is 2.17 bits per heavy atom. The van der Waals surface area contributed by atoms with Gasteiger partial charge in [-0.05, 0) is 31.5 Å². The predicted molar refractivity (Wildman–Crippen MR) is 88.4 cm³/mol. The van der Waals surface area contributed by atoms with E-state index in [1.807, 2.05) is 0 Å². The van der Waals surface area contributed by atoms with Gasteiger partial charge in [-0.2, -0.15) is 0 Å². The highest BCUT2D eigenvalue weighted by Crippen LogP contribution is 2.33. The monoisotopic (exact) mass is 334 g/mol. The van der Waals surface area contributed by atoms with E-state index in [0.29, 0.717) is 49.5 Å². The van der Waals surface area contributed by atoms with Gasteiger partial charge in [-0.15, -0.1) is 0 Å². The van der Waals surface area contributed by atoms with Crippen LogP contribution in [0, 0.1) is 0 Å². The zero-order chi connectivity index (χ0) is 17.5. The normalized spacial score (nSPS) is 13.2. The van der Waals surface area contributed by atoms with Gasteiger partial charge in [-0.25, -0.2) is 0 Å². The third-order valence-electron chi connectivity index (χ3n) is 3.72. The Morgan fingerprint density at radius 3 is 2.88 bits per heavy atom. The highest BCUT2D eigenvalue weighted by atomic mass is 16.5. The van der Waals surface area contributed by atoms with Crippen molar-refractivity contribution in [1.82, 2.24) is 5.32 Å². The molecule has 1 aliphatic rings. The van der Waals surface area contributed by atoms with Crippen molar-refractivity contribution in [2.45, 2.75) is 19.8 Å². The van der Waals surface area contributed by atoms with Crippen molar-refractivity contribution in [3.63, 3.8) is 0 Å². The highest BCUT2D eigenvalue weighted by Gasteiger charge is 2.26. The van der Waals surface area contributed by atoms with Crippen LogP contribution in [-0.4, -0.2) is 51.0 Å². The number of anilines is 1. The molecule has 0 saturated carbocycles. The second kappa shape index (κ2) is 8.44. The van der Waals surface area contributed by atoms with Crippen molar-refractivity contribution in [3.05, 3.63) is 23.8 Å². The SMILES string of the molecule is COCCNC(=O)CCCN1C(=O)COc2ccc(C(C)=O)cc21. The van der Waals surface area contributed by atoms with Gasteiger partial charge in [0, 0.05) is 32.2 Å². The third-order valence-corrected chi connectivity index (χ3v) is 3.72. The summed E-state index contributed by atoms with van der Waals surface area (Å²) in [6.45, 7) is 2.77.